The number of carbonyl (C=O) groups excluding carboxylic acids is 1. The molecule has 0 aromatic heterocycles. The van der Waals surface area contributed by atoms with Crippen molar-refractivity contribution < 1.29 is 9.53 Å². The van der Waals surface area contributed by atoms with Crippen LogP contribution >= 0.6 is 0 Å². The van der Waals surface area contributed by atoms with Crippen molar-refractivity contribution in [2.45, 2.75) is 12.5 Å². The number of ether oxygens (including phenoxy) is 1. The molecule has 0 radical (unpaired) electrons. The van der Waals surface area contributed by atoms with E-state index < -0.39 is 6.10 Å². The SMILES string of the molecule is CN(C)CCN1C(=O)C(Cc2ccc(N)cc2)Oc2ccccc21. The average molecular weight is 325 g/mol. The summed E-state index contributed by atoms with van der Waals surface area (Å²) in [7, 11) is 4.01. The number of hydrogen-bond donors (Lipinski definition) is 1. The van der Waals surface area contributed by atoms with Crippen LogP contribution in [0.25, 0.3) is 0 Å². The zero-order valence-electron chi connectivity index (χ0n) is 14.1. The summed E-state index contributed by atoms with van der Waals surface area (Å²) in [5.74, 6) is 0.767. The maximum Gasteiger partial charge on any atom is 0.268 e. The molecule has 0 aliphatic carbocycles. The van der Waals surface area contributed by atoms with Crippen molar-refractivity contribution in [2.75, 3.05) is 37.8 Å². The standard InChI is InChI=1S/C19H23N3O2/c1-21(2)11-12-22-16-5-3-4-6-17(16)24-18(19(22)23)13-14-7-9-15(20)10-8-14/h3-10,18H,11-13,20H2,1-2H3. The van der Waals surface area contributed by atoms with Crippen molar-refractivity contribution in [3.63, 3.8) is 0 Å². The predicted octanol–water partition coefficient (Wildman–Crippen LogP) is 2.17. The van der Waals surface area contributed by atoms with E-state index in [4.69, 9.17) is 10.5 Å². The Hall–Kier alpha value is -2.53. The molecule has 1 unspecified atom stereocenters. The number of nitrogen functional groups attached to an aromatic ring is 1. The summed E-state index contributed by atoms with van der Waals surface area (Å²) in [6.07, 6.45) is 0.0250. The van der Waals surface area contributed by atoms with E-state index in [0.717, 1.165) is 23.5 Å². The summed E-state index contributed by atoms with van der Waals surface area (Å²) in [6, 6.07) is 15.3. The first-order valence-corrected chi connectivity index (χ1v) is 8.11. The Balaban J connectivity index is 1.84. The second kappa shape index (κ2) is 6.93. The highest BCUT2D eigenvalue weighted by atomic mass is 16.5. The largest absolute Gasteiger partial charge is 0.478 e. The zero-order valence-corrected chi connectivity index (χ0v) is 14.1. The minimum Gasteiger partial charge on any atom is -0.478 e. The molecular weight excluding hydrogens is 302 g/mol. The Morgan fingerprint density at radius 2 is 1.83 bits per heavy atom. The van der Waals surface area contributed by atoms with E-state index in [1.54, 1.807) is 0 Å². The molecule has 2 aromatic rings. The van der Waals surface area contributed by atoms with Crippen LogP contribution in [0.3, 0.4) is 0 Å². The lowest BCUT2D eigenvalue weighted by molar-refractivity contribution is -0.126. The van der Waals surface area contributed by atoms with Crippen LogP contribution in [0.15, 0.2) is 48.5 Å². The molecule has 0 bridgehead atoms. The number of anilines is 2. The van der Waals surface area contributed by atoms with Gasteiger partial charge in [0.15, 0.2) is 6.10 Å². The molecule has 5 nitrogen and oxygen atoms in total. The van der Waals surface area contributed by atoms with Gasteiger partial charge in [-0.3, -0.25) is 4.79 Å². The molecule has 1 aliphatic rings. The lowest BCUT2D eigenvalue weighted by Crippen LogP contribution is -2.49. The van der Waals surface area contributed by atoms with Gasteiger partial charge in [0, 0.05) is 25.2 Å². The summed E-state index contributed by atoms with van der Waals surface area (Å²) >= 11 is 0. The minimum atomic E-state index is -0.509. The topological polar surface area (TPSA) is 58.8 Å². The first-order valence-electron chi connectivity index (χ1n) is 8.11. The monoisotopic (exact) mass is 325 g/mol. The van der Waals surface area contributed by atoms with Gasteiger partial charge in [0.25, 0.3) is 5.91 Å². The van der Waals surface area contributed by atoms with Crippen LogP contribution in [-0.4, -0.2) is 44.1 Å². The first-order chi connectivity index (χ1) is 11.5. The number of para-hydroxylation sites is 2. The quantitative estimate of drug-likeness (QED) is 0.856. The van der Waals surface area contributed by atoms with E-state index in [-0.39, 0.29) is 5.91 Å². The number of amides is 1. The van der Waals surface area contributed by atoms with Gasteiger partial charge < -0.3 is 20.3 Å². The second-order valence-electron chi connectivity index (χ2n) is 6.31. The third-order valence-corrected chi connectivity index (χ3v) is 4.14. The van der Waals surface area contributed by atoms with Crippen LogP contribution in [0.2, 0.25) is 0 Å². The molecule has 3 rings (SSSR count). The molecular formula is C19H23N3O2. The Labute approximate surface area is 142 Å². The van der Waals surface area contributed by atoms with E-state index in [2.05, 4.69) is 4.90 Å². The molecule has 0 saturated heterocycles. The summed E-state index contributed by atoms with van der Waals surface area (Å²) in [5.41, 5.74) is 8.33. The van der Waals surface area contributed by atoms with Gasteiger partial charge in [-0.05, 0) is 43.9 Å². The van der Waals surface area contributed by atoms with Crippen molar-refractivity contribution in [3.8, 4) is 5.75 Å². The third kappa shape index (κ3) is 3.51. The molecule has 1 atom stereocenters. The fraction of sp³-hybridized carbons (Fsp3) is 0.316. The number of rotatable bonds is 5. The van der Waals surface area contributed by atoms with Crippen molar-refractivity contribution in [2.24, 2.45) is 0 Å². The molecule has 0 spiro atoms. The fourth-order valence-electron chi connectivity index (χ4n) is 2.80. The van der Waals surface area contributed by atoms with E-state index in [1.807, 2.05) is 67.5 Å². The number of hydrogen-bond acceptors (Lipinski definition) is 4. The predicted molar refractivity (Wildman–Crippen MR) is 96.3 cm³/mol. The van der Waals surface area contributed by atoms with Crippen LogP contribution in [0.5, 0.6) is 5.75 Å². The molecule has 0 fully saturated rings. The van der Waals surface area contributed by atoms with E-state index in [9.17, 15) is 4.79 Å². The third-order valence-electron chi connectivity index (χ3n) is 4.14. The fourth-order valence-corrected chi connectivity index (χ4v) is 2.80. The summed E-state index contributed by atoms with van der Waals surface area (Å²) in [5, 5.41) is 0. The smallest absolute Gasteiger partial charge is 0.268 e. The van der Waals surface area contributed by atoms with E-state index in [0.29, 0.717) is 18.7 Å². The maximum absolute atomic E-state index is 12.9. The Kier molecular flexibility index (Phi) is 4.71. The highest BCUT2D eigenvalue weighted by Gasteiger charge is 2.34. The average Bonchev–Trinajstić information content (AvgIpc) is 2.57. The molecule has 0 saturated carbocycles. The van der Waals surface area contributed by atoms with Gasteiger partial charge in [0.1, 0.15) is 5.75 Å². The van der Waals surface area contributed by atoms with Crippen LogP contribution in [-0.2, 0) is 11.2 Å². The number of nitrogens with zero attached hydrogens (tertiary/aromatic N) is 2. The number of carbonyl (C=O) groups is 1. The van der Waals surface area contributed by atoms with Crippen LogP contribution in [0.1, 0.15) is 5.56 Å². The molecule has 24 heavy (non-hydrogen) atoms. The summed E-state index contributed by atoms with van der Waals surface area (Å²) in [4.78, 5) is 16.8. The molecule has 2 N–H and O–H groups in total. The minimum absolute atomic E-state index is 0.00683. The summed E-state index contributed by atoms with van der Waals surface area (Å²) < 4.78 is 5.98. The Morgan fingerprint density at radius 3 is 2.54 bits per heavy atom. The molecule has 1 amide bonds. The van der Waals surface area contributed by atoms with Crippen LogP contribution in [0, 0.1) is 0 Å². The van der Waals surface area contributed by atoms with Crippen molar-refractivity contribution in [1.29, 1.82) is 0 Å². The number of likely N-dealkylation sites (N-methyl/N-ethyl adjacent to an activating group) is 1. The van der Waals surface area contributed by atoms with Gasteiger partial charge in [0.05, 0.1) is 5.69 Å². The van der Waals surface area contributed by atoms with Crippen molar-refractivity contribution >= 4 is 17.3 Å². The highest BCUT2D eigenvalue weighted by molar-refractivity contribution is 6.00. The molecule has 126 valence electrons. The molecule has 2 aromatic carbocycles. The van der Waals surface area contributed by atoms with Crippen LogP contribution < -0.4 is 15.4 Å². The molecule has 1 heterocycles. The van der Waals surface area contributed by atoms with E-state index in [1.165, 1.54) is 0 Å². The van der Waals surface area contributed by atoms with Crippen molar-refractivity contribution in [3.05, 3.63) is 54.1 Å². The summed E-state index contributed by atoms with van der Waals surface area (Å²) in [6.45, 7) is 1.44. The van der Waals surface area contributed by atoms with Gasteiger partial charge in [-0.2, -0.15) is 0 Å². The van der Waals surface area contributed by atoms with Gasteiger partial charge >= 0.3 is 0 Å². The lowest BCUT2D eigenvalue weighted by atomic mass is 10.0. The van der Waals surface area contributed by atoms with Crippen molar-refractivity contribution in [1.82, 2.24) is 4.90 Å². The van der Waals surface area contributed by atoms with Crippen LogP contribution in [0.4, 0.5) is 11.4 Å². The molecule has 5 heteroatoms. The normalized spacial score (nSPS) is 16.9. The van der Waals surface area contributed by atoms with Gasteiger partial charge in [-0.25, -0.2) is 0 Å². The second-order valence-corrected chi connectivity index (χ2v) is 6.31. The Bertz CT molecular complexity index is 713. The molecule has 1 aliphatic heterocycles. The maximum atomic E-state index is 12.9. The van der Waals surface area contributed by atoms with Gasteiger partial charge in [-0.1, -0.05) is 24.3 Å². The lowest BCUT2D eigenvalue weighted by Gasteiger charge is -2.35. The van der Waals surface area contributed by atoms with Gasteiger partial charge in [-0.15, -0.1) is 0 Å². The zero-order chi connectivity index (χ0) is 17.1. The van der Waals surface area contributed by atoms with E-state index >= 15 is 0 Å². The number of benzene rings is 2. The first kappa shape index (κ1) is 16.3. The highest BCUT2D eigenvalue weighted by Crippen LogP contribution is 2.34. The Morgan fingerprint density at radius 1 is 1.12 bits per heavy atom. The number of fused-ring (bicyclic) bond motifs is 1. The van der Waals surface area contributed by atoms with Gasteiger partial charge in [0.2, 0.25) is 0 Å². The number of nitrogens with two attached hydrogens (primary N) is 1.